The van der Waals surface area contributed by atoms with Crippen molar-refractivity contribution in [2.45, 2.75) is 55.9 Å². The first kappa shape index (κ1) is 26.4. The van der Waals surface area contributed by atoms with Gasteiger partial charge in [-0.05, 0) is 36.5 Å². The smallest absolute Gasteiger partial charge is 0.410 e. The number of fused-ring (bicyclic) bond motifs is 1. The fraction of sp³-hybridized carbons (Fsp3) is 0.619. The van der Waals surface area contributed by atoms with E-state index in [1.54, 1.807) is 18.2 Å². The number of carbonyl (C=O) groups excluding carboxylic acids is 1. The number of alkyl halides is 5. The first-order valence-corrected chi connectivity index (χ1v) is 10.6. The molecule has 2 amide bonds. The number of urea groups is 1. The second-order valence-electron chi connectivity index (χ2n) is 8.67. The molecule has 1 aliphatic heterocycles. The summed E-state index contributed by atoms with van der Waals surface area (Å²) in [6.45, 7) is -0.570. The predicted molar refractivity (Wildman–Crippen MR) is 115 cm³/mol. The molecule has 7 nitrogen and oxygen atoms in total. The molecule has 2 fully saturated rings. The molecule has 2 heterocycles. The van der Waals surface area contributed by atoms with Gasteiger partial charge in [-0.25, -0.2) is 18.6 Å². The van der Waals surface area contributed by atoms with Crippen LogP contribution in [0.1, 0.15) is 49.2 Å². The molecule has 1 aliphatic carbocycles. The molecule has 3 atom stereocenters. The molecule has 0 unspecified atom stereocenters. The third-order valence-electron chi connectivity index (χ3n) is 6.40. The molecule has 1 saturated heterocycles. The Balaban J connectivity index is 0.00000324. The van der Waals surface area contributed by atoms with Crippen molar-refractivity contribution in [1.82, 2.24) is 15.2 Å². The lowest BCUT2D eigenvalue weighted by Crippen LogP contribution is -2.40. The number of ether oxygens (including phenoxy) is 1. The molecule has 34 heavy (non-hydrogen) atoms. The minimum atomic E-state index is -4.56. The molecule has 0 radical (unpaired) electrons. The fourth-order valence-corrected chi connectivity index (χ4v) is 4.47. The van der Waals surface area contributed by atoms with Gasteiger partial charge in [-0.3, -0.25) is 0 Å². The van der Waals surface area contributed by atoms with Crippen molar-refractivity contribution in [2.24, 2.45) is 11.7 Å². The first-order valence-electron chi connectivity index (χ1n) is 10.6. The highest BCUT2D eigenvalue weighted by Gasteiger charge is 2.48. The normalized spacial score (nSPS) is 23.0. The number of benzene rings is 1. The van der Waals surface area contributed by atoms with Crippen LogP contribution in [-0.2, 0) is 4.74 Å². The van der Waals surface area contributed by atoms with Crippen LogP contribution < -0.4 is 11.1 Å². The molecule has 4 rings (SSSR count). The zero-order valence-corrected chi connectivity index (χ0v) is 19.1. The van der Waals surface area contributed by atoms with Gasteiger partial charge in [-0.2, -0.15) is 13.2 Å². The van der Waals surface area contributed by atoms with E-state index in [0.717, 1.165) is 4.90 Å². The standard InChI is InChI=1S/C21H25F5N4O3.ClH/c1-32-10-14(30-9-16(21(24,25)26)29-19(30)31)12-2-3-15-13(8-12)28-18(33-15)17(27)11-4-6-20(22,23)7-5-11;/h2-3,8,11,14,16-17H,4-7,9-10,27H2,1H3,(H,29,31);1H/t14-,16-,17-;/m0./s1. The summed E-state index contributed by atoms with van der Waals surface area (Å²) in [6.07, 6.45) is -4.50. The van der Waals surface area contributed by atoms with Crippen molar-refractivity contribution in [3.63, 3.8) is 0 Å². The number of methoxy groups -OCH3 is 1. The highest BCUT2D eigenvalue weighted by Crippen LogP contribution is 2.41. The number of halogens is 6. The minimum Gasteiger partial charge on any atom is -0.439 e. The number of nitrogens with two attached hydrogens (primary N) is 1. The minimum absolute atomic E-state index is 0. The van der Waals surface area contributed by atoms with Crippen molar-refractivity contribution in [1.29, 1.82) is 0 Å². The Morgan fingerprint density at radius 1 is 1.32 bits per heavy atom. The molecule has 2 aliphatic rings. The van der Waals surface area contributed by atoms with Crippen molar-refractivity contribution >= 4 is 29.5 Å². The van der Waals surface area contributed by atoms with Gasteiger partial charge in [0.25, 0.3) is 0 Å². The summed E-state index contributed by atoms with van der Waals surface area (Å²) in [4.78, 5) is 17.7. The summed E-state index contributed by atoms with van der Waals surface area (Å²) in [5.41, 5.74) is 7.59. The van der Waals surface area contributed by atoms with Crippen molar-refractivity contribution in [3.8, 4) is 0 Å². The summed E-state index contributed by atoms with van der Waals surface area (Å²) < 4.78 is 77.1. The Hall–Kier alpha value is -2.18. The second kappa shape index (κ2) is 9.82. The van der Waals surface area contributed by atoms with Crippen molar-refractivity contribution in [2.75, 3.05) is 20.3 Å². The van der Waals surface area contributed by atoms with E-state index in [4.69, 9.17) is 14.9 Å². The number of rotatable bonds is 6. The van der Waals surface area contributed by atoms with Crippen LogP contribution in [0.25, 0.3) is 11.1 Å². The number of carbonyl (C=O) groups is 1. The van der Waals surface area contributed by atoms with Crippen molar-refractivity contribution in [3.05, 3.63) is 29.7 Å². The zero-order chi connectivity index (χ0) is 24.0. The second-order valence-corrected chi connectivity index (χ2v) is 8.67. The van der Waals surface area contributed by atoms with Crippen LogP contribution in [-0.4, -0.2) is 54.3 Å². The molecular weight excluding hydrogens is 487 g/mol. The van der Waals surface area contributed by atoms with E-state index in [0.29, 0.717) is 16.7 Å². The summed E-state index contributed by atoms with van der Waals surface area (Å²) in [7, 11) is 1.39. The summed E-state index contributed by atoms with van der Waals surface area (Å²) in [5, 5.41) is 1.95. The Morgan fingerprint density at radius 3 is 2.59 bits per heavy atom. The Labute approximate surface area is 198 Å². The summed E-state index contributed by atoms with van der Waals surface area (Å²) >= 11 is 0. The Kier molecular flexibility index (Phi) is 7.63. The first-order chi connectivity index (χ1) is 15.5. The van der Waals surface area contributed by atoms with Gasteiger partial charge in [0.2, 0.25) is 11.8 Å². The van der Waals surface area contributed by atoms with E-state index in [-0.39, 0.29) is 56.5 Å². The number of amides is 2. The maximum absolute atomic E-state index is 13.5. The van der Waals surface area contributed by atoms with Gasteiger partial charge < -0.3 is 25.1 Å². The van der Waals surface area contributed by atoms with Crippen molar-refractivity contribution < 1.29 is 35.9 Å². The largest absolute Gasteiger partial charge is 0.439 e. The van der Waals surface area contributed by atoms with Crippen LogP contribution in [0.4, 0.5) is 26.7 Å². The van der Waals surface area contributed by atoms with Crippen LogP contribution in [0.5, 0.6) is 0 Å². The molecule has 2 aromatic rings. The maximum Gasteiger partial charge on any atom is 0.410 e. The SMILES string of the molecule is COC[C@@H](c1ccc2oc([C@@H](N)C3CCC(F)(F)CC3)nc2c1)N1C[C@@H](C(F)(F)F)NC1=O.Cl. The maximum atomic E-state index is 13.5. The molecule has 13 heteroatoms. The number of nitrogens with zero attached hydrogens (tertiary/aromatic N) is 2. The number of nitrogens with one attached hydrogen (secondary N) is 1. The highest BCUT2D eigenvalue weighted by atomic mass is 35.5. The van der Waals surface area contributed by atoms with Gasteiger partial charge in [0.1, 0.15) is 11.6 Å². The van der Waals surface area contributed by atoms with E-state index < -0.39 is 42.8 Å². The molecule has 0 spiro atoms. The number of hydrogen-bond acceptors (Lipinski definition) is 5. The molecular formula is C21H26ClF5N4O3. The van der Waals surface area contributed by atoms with Gasteiger partial charge in [-0.1, -0.05) is 6.07 Å². The van der Waals surface area contributed by atoms with Crippen LogP contribution in [0.2, 0.25) is 0 Å². The molecule has 3 N–H and O–H groups in total. The van der Waals surface area contributed by atoms with E-state index in [9.17, 15) is 26.7 Å². The predicted octanol–water partition coefficient (Wildman–Crippen LogP) is 4.72. The monoisotopic (exact) mass is 512 g/mol. The van der Waals surface area contributed by atoms with Crippen LogP contribution >= 0.6 is 12.4 Å². The van der Waals surface area contributed by atoms with E-state index in [2.05, 4.69) is 4.98 Å². The van der Waals surface area contributed by atoms with E-state index >= 15 is 0 Å². The quantitative estimate of drug-likeness (QED) is 0.546. The van der Waals surface area contributed by atoms with Crippen LogP contribution in [0, 0.1) is 5.92 Å². The lowest BCUT2D eigenvalue weighted by atomic mass is 9.82. The third kappa shape index (κ3) is 5.38. The number of hydrogen-bond donors (Lipinski definition) is 2. The van der Waals surface area contributed by atoms with Gasteiger partial charge in [0.05, 0.1) is 25.2 Å². The number of aromatic nitrogens is 1. The lowest BCUT2D eigenvalue weighted by Gasteiger charge is -2.30. The van der Waals surface area contributed by atoms with Gasteiger partial charge >= 0.3 is 12.2 Å². The van der Waals surface area contributed by atoms with Gasteiger partial charge in [-0.15, -0.1) is 12.4 Å². The molecule has 1 saturated carbocycles. The average molecular weight is 513 g/mol. The zero-order valence-electron chi connectivity index (χ0n) is 18.3. The van der Waals surface area contributed by atoms with Crippen LogP contribution in [0.3, 0.4) is 0 Å². The molecule has 190 valence electrons. The average Bonchev–Trinajstić information content (AvgIpc) is 3.34. The molecule has 1 aromatic heterocycles. The van der Waals surface area contributed by atoms with E-state index in [1.165, 1.54) is 7.11 Å². The summed E-state index contributed by atoms with van der Waals surface area (Å²) in [6, 6.07) is 0.610. The highest BCUT2D eigenvalue weighted by molar-refractivity contribution is 5.85. The van der Waals surface area contributed by atoms with Crippen LogP contribution in [0.15, 0.2) is 22.6 Å². The molecule has 1 aromatic carbocycles. The Morgan fingerprint density at radius 2 is 2.00 bits per heavy atom. The topological polar surface area (TPSA) is 93.6 Å². The Bertz CT molecular complexity index is 1010. The van der Waals surface area contributed by atoms with E-state index in [1.807, 2.05) is 5.32 Å². The summed E-state index contributed by atoms with van der Waals surface area (Å²) in [5.74, 6) is -2.64. The van der Waals surface area contributed by atoms with Gasteiger partial charge in [0, 0.05) is 20.0 Å². The fourth-order valence-electron chi connectivity index (χ4n) is 4.47. The number of oxazole rings is 1. The lowest BCUT2D eigenvalue weighted by molar-refractivity contribution is -0.150. The third-order valence-corrected chi connectivity index (χ3v) is 6.40. The van der Waals surface area contributed by atoms with Gasteiger partial charge in [0.15, 0.2) is 5.58 Å². The molecule has 0 bridgehead atoms.